The molecule has 5 rings (SSSR count). The van der Waals surface area contributed by atoms with Gasteiger partial charge < -0.3 is 4.90 Å². The van der Waals surface area contributed by atoms with Crippen molar-refractivity contribution in [3.05, 3.63) is 53.1 Å². The number of nitrogens with zero attached hydrogens (tertiary/aromatic N) is 3. The van der Waals surface area contributed by atoms with Gasteiger partial charge in [-0.3, -0.25) is 14.2 Å². The van der Waals surface area contributed by atoms with E-state index in [-0.39, 0.29) is 18.0 Å². The molecule has 1 amide bonds. The molecule has 2 fully saturated rings. The van der Waals surface area contributed by atoms with Crippen LogP contribution in [0.4, 0.5) is 0 Å². The van der Waals surface area contributed by atoms with Crippen LogP contribution in [-0.2, 0) is 11.3 Å². The summed E-state index contributed by atoms with van der Waals surface area (Å²) in [6.07, 6.45) is 8.67. The second-order valence-electron chi connectivity index (χ2n) is 8.21. The van der Waals surface area contributed by atoms with Gasteiger partial charge >= 0.3 is 0 Å². The van der Waals surface area contributed by atoms with Crippen molar-refractivity contribution in [2.45, 2.75) is 51.1 Å². The molecule has 2 aromatic heterocycles. The molecular weight excluding hydrogens is 382 g/mol. The maximum Gasteiger partial charge on any atom is 0.262 e. The molecule has 1 aromatic carbocycles. The van der Waals surface area contributed by atoms with Gasteiger partial charge in [0.1, 0.15) is 11.4 Å². The average molecular weight is 408 g/mol. The van der Waals surface area contributed by atoms with Gasteiger partial charge in [0.25, 0.3) is 5.56 Å². The molecule has 1 aliphatic heterocycles. The molecule has 0 radical (unpaired) electrons. The van der Waals surface area contributed by atoms with Gasteiger partial charge in [-0.2, -0.15) is 0 Å². The summed E-state index contributed by atoms with van der Waals surface area (Å²) in [5.41, 5.74) is 0.952. The summed E-state index contributed by atoms with van der Waals surface area (Å²) in [5, 5.41) is 0.596. The number of fused-ring (bicyclic) bond motifs is 2. The molecule has 5 nitrogen and oxygen atoms in total. The van der Waals surface area contributed by atoms with E-state index in [9.17, 15) is 9.59 Å². The smallest absolute Gasteiger partial charge is 0.262 e. The molecule has 0 bridgehead atoms. The quantitative estimate of drug-likeness (QED) is 0.650. The van der Waals surface area contributed by atoms with Gasteiger partial charge in [0.2, 0.25) is 5.91 Å². The lowest BCUT2D eigenvalue weighted by Crippen LogP contribution is -2.51. The number of aromatic nitrogens is 2. The largest absolute Gasteiger partial charge is 0.338 e. The van der Waals surface area contributed by atoms with Crippen LogP contribution in [0.15, 0.2) is 47.5 Å². The molecule has 2 atom stereocenters. The highest BCUT2D eigenvalue weighted by Gasteiger charge is 2.35. The van der Waals surface area contributed by atoms with Crippen molar-refractivity contribution in [1.82, 2.24) is 14.5 Å². The van der Waals surface area contributed by atoms with E-state index in [1.54, 1.807) is 0 Å². The molecule has 0 unspecified atom stereocenters. The Morgan fingerprint density at radius 3 is 2.76 bits per heavy atom. The molecular formula is C23H25N3O2S. The summed E-state index contributed by atoms with van der Waals surface area (Å²) in [5.74, 6) is 0.701. The zero-order valence-electron chi connectivity index (χ0n) is 16.4. The van der Waals surface area contributed by atoms with Crippen LogP contribution >= 0.6 is 11.3 Å². The summed E-state index contributed by atoms with van der Waals surface area (Å²) >= 11 is 1.52. The van der Waals surface area contributed by atoms with E-state index in [1.165, 1.54) is 47.9 Å². The van der Waals surface area contributed by atoms with Gasteiger partial charge in [0, 0.05) is 17.5 Å². The third kappa shape index (κ3) is 3.50. The molecule has 6 heteroatoms. The lowest BCUT2D eigenvalue weighted by atomic mass is 9.78. The van der Waals surface area contributed by atoms with E-state index < -0.39 is 0 Å². The first kappa shape index (κ1) is 18.6. The third-order valence-corrected chi connectivity index (χ3v) is 7.54. The monoisotopic (exact) mass is 407 g/mol. The summed E-state index contributed by atoms with van der Waals surface area (Å²) < 4.78 is 1.48. The predicted molar refractivity (Wildman–Crippen MR) is 116 cm³/mol. The molecule has 1 aliphatic carbocycles. The Balaban J connectivity index is 1.41. The maximum atomic E-state index is 13.1. The molecule has 2 aliphatic rings. The number of piperidine rings is 1. The van der Waals surface area contributed by atoms with Crippen LogP contribution in [-0.4, -0.2) is 32.9 Å². The summed E-state index contributed by atoms with van der Waals surface area (Å²) in [6.45, 7) is 0.905. The summed E-state index contributed by atoms with van der Waals surface area (Å²) in [4.78, 5) is 34.4. The SMILES string of the molecule is O=C(Cn1cnc2sc(-c3ccccc3)cc2c1=O)N1CCC[C@H]2CCCC[C@@H]21. The Morgan fingerprint density at radius 2 is 1.90 bits per heavy atom. The van der Waals surface area contributed by atoms with Crippen molar-refractivity contribution >= 4 is 27.5 Å². The molecule has 1 saturated carbocycles. The fourth-order valence-electron chi connectivity index (χ4n) is 4.99. The minimum atomic E-state index is -0.126. The van der Waals surface area contributed by atoms with Crippen LogP contribution in [0.2, 0.25) is 0 Å². The van der Waals surface area contributed by atoms with Crippen LogP contribution in [0.3, 0.4) is 0 Å². The number of hydrogen-bond donors (Lipinski definition) is 0. The first-order chi connectivity index (χ1) is 14.2. The number of hydrogen-bond acceptors (Lipinski definition) is 4. The van der Waals surface area contributed by atoms with Crippen molar-refractivity contribution in [3.8, 4) is 10.4 Å². The number of amides is 1. The standard InChI is InChI=1S/C23H25N3O2S/c27-21(26-12-6-10-16-7-4-5-11-19(16)26)14-25-15-24-22-18(23(25)28)13-20(29-22)17-8-2-1-3-9-17/h1-3,8-9,13,15-16,19H,4-7,10-12,14H2/t16-,19+/m1/s1. The van der Waals surface area contributed by atoms with Crippen molar-refractivity contribution < 1.29 is 4.79 Å². The number of carbonyl (C=O) groups excluding carboxylic acids is 1. The lowest BCUT2D eigenvalue weighted by molar-refractivity contribution is -0.138. The predicted octanol–water partition coefficient (Wildman–Crippen LogP) is 4.31. The molecule has 3 aromatic rings. The Hall–Kier alpha value is -2.47. The summed E-state index contributed by atoms with van der Waals surface area (Å²) in [6, 6.07) is 12.3. The molecule has 29 heavy (non-hydrogen) atoms. The number of likely N-dealkylation sites (tertiary alicyclic amines) is 1. The highest BCUT2D eigenvalue weighted by atomic mass is 32.1. The number of thiophene rings is 1. The Bertz CT molecular complexity index is 1090. The van der Waals surface area contributed by atoms with Gasteiger partial charge in [-0.25, -0.2) is 4.98 Å². The Labute approximate surface area is 174 Å². The minimum Gasteiger partial charge on any atom is -0.338 e. The van der Waals surface area contributed by atoms with E-state index >= 15 is 0 Å². The highest BCUT2D eigenvalue weighted by Crippen LogP contribution is 2.35. The van der Waals surface area contributed by atoms with E-state index in [0.717, 1.165) is 34.7 Å². The van der Waals surface area contributed by atoms with Crippen LogP contribution < -0.4 is 5.56 Å². The van der Waals surface area contributed by atoms with E-state index in [0.29, 0.717) is 17.3 Å². The molecule has 3 heterocycles. The van der Waals surface area contributed by atoms with Gasteiger partial charge in [-0.15, -0.1) is 11.3 Å². The first-order valence-corrected chi connectivity index (χ1v) is 11.4. The van der Waals surface area contributed by atoms with E-state index in [4.69, 9.17) is 0 Å². The first-order valence-electron chi connectivity index (χ1n) is 10.5. The zero-order valence-corrected chi connectivity index (χ0v) is 17.2. The van der Waals surface area contributed by atoms with Gasteiger partial charge in [-0.1, -0.05) is 43.2 Å². The van der Waals surface area contributed by atoms with Gasteiger partial charge in [0.15, 0.2) is 0 Å². The highest BCUT2D eigenvalue weighted by molar-refractivity contribution is 7.21. The minimum absolute atomic E-state index is 0.0587. The van der Waals surface area contributed by atoms with E-state index in [2.05, 4.69) is 4.98 Å². The third-order valence-electron chi connectivity index (χ3n) is 6.45. The zero-order chi connectivity index (χ0) is 19.8. The second-order valence-corrected chi connectivity index (χ2v) is 9.25. The van der Waals surface area contributed by atoms with Crippen LogP contribution in [0.1, 0.15) is 38.5 Å². The van der Waals surface area contributed by atoms with Gasteiger partial charge in [0.05, 0.1) is 11.7 Å². The van der Waals surface area contributed by atoms with Gasteiger partial charge in [-0.05, 0) is 43.2 Å². The van der Waals surface area contributed by atoms with Crippen LogP contribution in [0, 0.1) is 5.92 Å². The number of carbonyl (C=O) groups is 1. The number of benzene rings is 1. The Kier molecular flexibility index (Phi) is 4.96. The normalized spacial score (nSPS) is 21.9. The second kappa shape index (κ2) is 7.75. The molecule has 150 valence electrons. The topological polar surface area (TPSA) is 55.2 Å². The number of rotatable bonds is 3. The van der Waals surface area contributed by atoms with Crippen molar-refractivity contribution in [3.63, 3.8) is 0 Å². The lowest BCUT2D eigenvalue weighted by Gasteiger charge is -2.44. The molecule has 1 saturated heterocycles. The fraction of sp³-hybridized carbons (Fsp3) is 0.435. The van der Waals surface area contributed by atoms with Crippen LogP contribution in [0.25, 0.3) is 20.7 Å². The van der Waals surface area contributed by atoms with E-state index in [1.807, 2.05) is 41.3 Å². The van der Waals surface area contributed by atoms with Crippen molar-refractivity contribution in [2.24, 2.45) is 5.92 Å². The van der Waals surface area contributed by atoms with Crippen molar-refractivity contribution in [1.29, 1.82) is 0 Å². The fourth-order valence-corrected chi connectivity index (χ4v) is 5.98. The molecule has 0 N–H and O–H groups in total. The summed E-state index contributed by atoms with van der Waals surface area (Å²) in [7, 11) is 0. The average Bonchev–Trinajstić information content (AvgIpc) is 3.21. The van der Waals surface area contributed by atoms with Crippen molar-refractivity contribution in [2.75, 3.05) is 6.54 Å². The molecule has 0 spiro atoms. The maximum absolute atomic E-state index is 13.1. The van der Waals surface area contributed by atoms with Crippen LogP contribution in [0.5, 0.6) is 0 Å². The Morgan fingerprint density at radius 1 is 1.10 bits per heavy atom.